The largest absolute Gasteiger partial charge is 0.367 e. The van der Waals surface area contributed by atoms with Crippen molar-refractivity contribution in [2.45, 2.75) is 13.0 Å². The molecule has 27 heavy (non-hydrogen) atoms. The van der Waals surface area contributed by atoms with E-state index in [4.69, 9.17) is 5.26 Å². The Morgan fingerprint density at radius 1 is 1.19 bits per heavy atom. The van der Waals surface area contributed by atoms with E-state index in [9.17, 15) is 9.18 Å². The van der Waals surface area contributed by atoms with Crippen molar-refractivity contribution < 1.29 is 9.18 Å². The Kier molecular flexibility index (Phi) is 6.09. The van der Waals surface area contributed by atoms with Gasteiger partial charge in [-0.2, -0.15) is 5.26 Å². The first-order valence-corrected chi connectivity index (χ1v) is 9.52. The van der Waals surface area contributed by atoms with Gasteiger partial charge in [0.15, 0.2) is 0 Å². The summed E-state index contributed by atoms with van der Waals surface area (Å²) in [6.45, 7) is 4.45. The number of hydrogen-bond acceptors (Lipinski definition) is 4. The highest BCUT2D eigenvalue weighted by Gasteiger charge is 2.26. The molecule has 1 amide bonds. The van der Waals surface area contributed by atoms with Gasteiger partial charge in [0.2, 0.25) is 5.91 Å². The zero-order valence-corrected chi connectivity index (χ0v) is 16.5. The number of nitrogens with zero attached hydrogens (tertiary/aromatic N) is 3. The Labute approximate surface area is 166 Å². The van der Waals surface area contributed by atoms with Gasteiger partial charge in [-0.05, 0) is 49.4 Å². The van der Waals surface area contributed by atoms with E-state index in [0.29, 0.717) is 37.4 Å². The number of amides is 1. The van der Waals surface area contributed by atoms with E-state index in [1.807, 2.05) is 42.2 Å². The van der Waals surface area contributed by atoms with Gasteiger partial charge >= 0.3 is 0 Å². The van der Waals surface area contributed by atoms with E-state index in [-0.39, 0.29) is 17.8 Å². The van der Waals surface area contributed by atoms with Gasteiger partial charge in [0, 0.05) is 36.3 Å². The van der Waals surface area contributed by atoms with E-state index >= 15 is 0 Å². The number of benzene rings is 2. The number of anilines is 2. The highest BCUT2D eigenvalue weighted by atomic mass is 79.9. The van der Waals surface area contributed by atoms with E-state index < -0.39 is 0 Å². The van der Waals surface area contributed by atoms with Crippen molar-refractivity contribution in [3.05, 3.63) is 58.3 Å². The predicted octanol–water partition coefficient (Wildman–Crippen LogP) is 3.61. The van der Waals surface area contributed by atoms with E-state index in [0.717, 1.165) is 10.2 Å². The van der Waals surface area contributed by atoms with E-state index in [1.54, 1.807) is 12.1 Å². The van der Waals surface area contributed by atoms with Gasteiger partial charge in [-0.15, -0.1) is 0 Å². The molecule has 3 rings (SSSR count). The van der Waals surface area contributed by atoms with Gasteiger partial charge in [-0.1, -0.05) is 15.9 Å². The van der Waals surface area contributed by atoms with Crippen LogP contribution in [-0.2, 0) is 4.79 Å². The molecule has 1 heterocycles. The number of piperazine rings is 1. The number of hydrogen-bond donors (Lipinski definition) is 1. The average molecular weight is 431 g/mol. The van der Waals surface area contributed by atoms with Crippen LogP contribution in [-0.4, -0.2) is 43.0 Å². The van der Waals surface area contributed by atoms with Crippen LogP contribution in [0.5, 0.6) is 0 Å². The smallest absolute Gasteiger partial charge is 0.241 e. The second-order valence-corrected chi connectivity index (χ2v) is 7.39. The molecule has 0 aliphatic carbocycles. The van der Waals surface area contributed by atoms with Crippen molar-refractivity contribution in [2.75, 3.05) is 36.4 Å². The summed E-state index contributed by atoms with van der Waals surface area (Å²) in [5, 5.41) is 11.8. The van der Waals surface area contributed by atoms with Crippen LogP contribution in [0.1, 0.15) is 12.5 Å². The summed E-state index contributed by atoms with van der Waals surface area (Å²) < 4.78 is 15.2. The first-order valence-electron chi connectivity index (χ1n) is 8.73. The fraction of sp³-hybridized carbons (Fsp3) is 0.300. The number of rotatable bonds is 4. The molecule has 1 unspecified atom stereocenters. The van der Waals surface area contributed by atoms with Crippen molar-refractivity contribution >= 4 is 33.2 Å². The number of nitrogens with one attached hydrogen (secondary N) is 1. The molecule has 0 spiro atoms. The third-order valence-corrected chi connectivity index (χ3v) is 5.30. The summed E-state index contributed by atoms with van der Waals surface area (Å²) in [4.78, 5) is 16.5. The van der Waals surface area contributed by atoms with Crippen molar-refractivity contribution in [1.82, 2.24) is 4.90 Å². The van der Waals surface area contributed by atoms with E-state index in [2.05, 4.69) is 26.1 Å². The molecule has 1 fully saturated rings. The summed E-state index contributed by atoms with van der Waals surface area (Å²) >= 11 is 3.37. The Bertz CT molecular complexity index is 857. The molecule has 1 aliphatic rings. The molecule has 0 bridgehead atoms. The number of carbonyl (C=O) groups excluding carboxylic acids is 1. The number of halogens is 2. The van der Waals surface area contributed by atoms with Crippen LogP contribution in [0.3, 0.4) is 0 Å². The summed E-state index contributed by atoms with van der Waals surface area (Å²) in [5.74, 6) is -0.446. The summed E-state index contributed by atoms with van der Waals surface area (Å²) in [6, 6.07) is 13.7. The van der Waals surface area contributed by atoms with Crippen LogP contribution in [0.25, 0.3) is 0 Å². The Balaban J connectivity index is 1.57. The summed E-state index contributed by atoms with van der Waals surface area (Å²) in [5.41, 5.74) is 1.57. The molecule has 2 aromatic rings. The van der Waals surface area contributed by atoms with Crippen LogP contribution in [0, 0.1) is 17.1 Å². The fourth-order valence-corrected chi connectivity index (χ4v) is 3.39. The molecule has 140 valence electrons. The van der Waals surface area contributed by atoms with Gasteiger partial charge < -0.3 is 10.2 Å². The molecule has 0 saturated carbocycles. The van der Waals surface area contributed by atoms with Crippen LogP contribution < -0.4 is 10.2 Å². The lowest BCUT2D eigenvalue weighted by Gasteiger charge is -2.38. The molecule has 0 radical (unpaired) electrons. The zero-order valence-electron chi connectivity index (χ0n) is 15.0. The molecular formula is C20H20BrFN4O. The summed E-state index contributed by atoms with van der Waals surface area (Å²) in [6.07, 6.45) is 0. The number of carbonyl (C=O) groups is 1. The molecule has 1 N–H and O–H groups in total. The van der Waals surface area contributed by atoms with Crippen LogP contribution in [0.15, 0.2) is 46.9 Å². The SMILES string of the molecule is CC(C(=O)Nc1ccc(Br)cc1)N1CCN(c2ccc(C#N)cc2F)CC1. The standard InChI is InChI=1S/C20H20BrFN4O/c1-14(20(27)24-17-5-3-16(21)4-6-17)25-8-10-26(11-9-25)19-7-2-15(13-23)12-18(19)22/h2-7,12,14H,8-11H2,1H3,(H,24,27). The number of nitriles is 1. The molecule has 7 heteroatoms. The van der Waals surface area contributed by atoms with E-state index in [1.165, 1.54) is 6.07 Å². The topological polar surface area (TPSA) is 59.4 Å². The lowest BCUT2D eigenvalue weighted by atomic mass is 10.1. The average Bonchev–Trinajstić information content (AvgIpc) is 2.69. The normalized spacial score (nSPS) is 15.9. The second kappa shape index (κ2) is 8.51. The van der Waals surface area contributed by atoms with Crippen LogP contribution in [0.4, 0.5) is 15.8 Å². The van der Waals surface area contributed by atoms with Gasteiger partial charge in [0.05, 0.1) is 23.4 Å². The van der Waals surface area contributed by atoms with Crippen molar-refractivity contribution in [3.63, 3.8) is 0 Å². The molecule has 1 saturated heterocycles. The molecular weight excluding hydrogens is 411 g/mol. The molecule has 5 nitrogen and oxygen atoms in total. The van der Waals surface area contributed by atoms with Gasteiger partial charge in [-0.25, -0.2) is 4.39 Å². The lowest BCUT2D eigenvalue weighted by Crippen LogP contribution is -2.53. The lowest BCUT2D eigenvalue weighted by molar-refractivity contribution is -0.120. The zero-order chi connectivity index (χ0) is 19.4. The molecule has 1 atom stereocenters. The molecule has 1 aliphatic heterocycles. The fourth-order valence-electron chi connectivity index (χ4n) is 3.13. The monoisotopic (exact) mass is 430 g/mol. The van der Waals surface area contributed by atoms with Crippen molar-refractivity contribution in [2.24, 2.45) is 0 Å². The Morgan fingerprint density at radius 3 is 2.44 bits per heavy atom. The predicted molar refractivity (Wildman–Crippen MR) is 107 cm³/mol. The van der Waals surface area contributed by atoms with Crippen LogP contribution in [0.2, 0.25) is 0 Å². The third-order valence-electron chi connectivity index (χ3n) is 4.77. The highest BCUT2D eigenvalue weighted by Crippen LogP contribution is 2.22. The highest BCUT2D eigenvalue weighted by molar-refractivity contribution is 9.10. The maximum Gasteiger partial charge on any atom is 0.241 e. The molecule has 2 aromatic carbocycles. The first kappa shape index (κ1) is 19.3. The van der Waals surface area contributed by atoms with Gasteiger partial charge in [0.1, 0.15) is 5.82 Å². The minimum Gasteiger partial charge on any atom is -0.367 e. The van der Waals surface area contributed by atoms with Crippen molar-refractivity contribution in [1.29, 1.82) is 5.26 Å². The van der Waals surface area contributed by atoms with Crippen LogP contribution >= 0.6 is 15.9 Å². The Morgan fingerprint density at radius 2 is 1.85 bits per heavy atom. The minimum atomic E-state index is -0.386. The van der Waals surface area contributed by atoms with Crippen molar-refractivity contribution in [3.8, 4) is 6.07 Å². The van der Waals surface area contributed by atoms with Gasteiger partial charge in [0.25, 0.3) is 0 Å². The third kappa shape index (κ3) is 4.65. The maximum absolute atomic E-state index is 14.2. The first-order chi connectivity index (χ1) is 13.0. The second-order valence-electron chi connectivity index (χ2n) is 6.47. The minimum absolute atomic E-state index is 0.0599. The molecule has 0 aromatic heterocycles. The maximum atomic E-state index is 14.2. The quantitative estimate of drug-likeness (QED) is 0.804. The Hall–Kier alpha value is -2.43. The summed E-state index contributed by atoms with van der Waals surface area (Å²) in [7, 11) is 0. The van der Waals surface area contributed by atoms with Gasteiger partial charge in [-0.3, -0.25) is 9.69 Å².